The molecule has 1 aromatic carbocycles. The fourth-order valence-electron chi connectivity index (χ4n) is 5.05. The summed E-state index contributed by atoms with van der Waals surface area (Å²) in [5.74, 6) is 0.920. The molecule has 6 rings (SSSR count). The Morgan fingerprint density at radius 1 is 1.12 bits per heavy atom. The zero-order valence-corrected chi connectivity index (χ0v) is 18.7. The van der Waals surface area contributed by atoms with Crippen molar-refractivity contribution >= 4 is 17.2 Å². The molecular weight excluding hydrogens is 415 g/mol. The van der Waals surface area contributed by atoms with E-state index in [2.05, 4.69) is 53.5 Å². The number of hydrogen-bond acceptors (Lipinski definition) is 5. The van der Waals surface area contributed by atoms with Crippen molar-refractivity contribution in [2.75, 3.05) is 5.32 Å². The molecule has 6 nitrogen and oxygen atoms in total. The van der Waals surface area contributed by atoms with Crippen LogP contribution in [0.3, 0.4) is 0 Å². The van der Waals surface area contributed by atoms with Gasteiger partial charge in [-0.3, -0.25) is 4.98 Å². The first-order chi connectivity index (χ1) is 16.1. The van der Waals surface area contributed by atoms with Gasteiger partial charge in [0, 0.05) is 23.4 Å². The largest absolute Gasteiger partial charge is 0.351 e. The minimum absolute atomic E-state index is 0.234. The van der Waals surface area contributed by atoms with Crippen LogP contribution in [0.5, 0.6) is 0 Å². The van der Waals surface area contributed by atoms with Crippen LogP contribution in [0.15, 0.2) is 54.5 Å². The molecule has 2 aliphatic carbocycles. The lowest BCUT2D eigenvalue weighted by molar-refractivity contribution is 0.621. The summed E-state index contributed by atoms with van der Waals surface area (Å²) in [7, 11) is 0. The van der Waals surface area contributed by atoms with Gasteiger partial charge in [-0.05, 0) is 54.4 Å². The van der Waals surface area contributed by atoms with E-state index in [0.29, 0.717) is 17.3 Å². The van der Waals surface area contributed by atoms with E-state index in [4.69, 9.17) is 9.97 Å². The number of halogens is 1. The SMILES string of the molecule is CC(C)c1cnn2c(N[C@@H]3CCC4=C(C3)c3ccccc3C4)nc(-c3cncc(F)c3)nc12. The first-order valence-electron chi connectivity index (χ1n) is 11.5. The summed E-state index contributed by atoms with van der Waals surface area (Å²) < 4.78 is 15.7. The molecule has 0 unspecified atom stereocenters. The maximum Gasteiger partial charge on any atom is 0.228 e. The van der Waals surface area contributed by atoms with Crippen LogP contribution in [0.4, 0.5) is 10.3 Å². The van der Waals surface area contributed by atoms with Gasteiger partial charge >= 0.3 is 0 Å². The summed E-state index contributed by atoms with van der Waals surface area (Å²) in [4.78, 5) is 13.5. The van der Waals surface area contributed by atoms with Crippen molar-refractivity contribution < 1.29 is 4.39 Å². The van der Waals surface area contributed by atoms with Crippen LogP contribution in [0.1, 0.15) is 55.7 Å². The van der Waals surface area contributed by atoms with Crippen LogP contribution in [-0.2, 0) is 6.42 Å². The maximum atomic E-state index is 13.9. The fraction of sp³-hybridized carbons (Fsp3) is 0.308. The second kappa shape index (κ2) is 7.76. The number of allylic oxidation sites excluding steroid dienone is 1. The highest BCUT2D eigenvalue weighted by Crippen LogP contribution is 2.42. The minimum atomic E-state index is -0.408. The van der Waals surface area contributed by atoms with E-state index in [-0.39, 0.29) is 12.0 Å². The lowest BCUT2D eigenvalue weighted by Crippen LogP contribution is -2.25. The van der Waals surface area contributed by atoms with Gasteiger partial charge in [-0.2, -0.15) is 14.6 Å². The van der Waals surface area contributed by atoms with Crippen molar-refractivity contribution in [3.8, 4) is 11.4 Å². The number of anilines is 1. The molecule has 0 saturated carbocycles. The molecule has 1 atom stereocenters. The van der Waals surface area contributed by atoms with Gasteiger partial charge in [0.2, 0.25) is 5.95 Å². The van der Waals surface area contributed by atoms with Gasteiger partial charge in [0.1, 0.15) is 5.82 Å². The smallest absolute Gasteiger partial charge is 0.228 e. The van der Waals surface area contributed by atoms with E-state index < -0.39 is 5.82 Å². The molecule has 0 amide bonds. The third kappa shape index (κ3) is 3.48. The molecule has 33 heavy (non-hydrogen) atoms. The molecule has 4 aromatic rings. The molecule has 0 fully saturated rings. The summed E-state index contributed by atoms with van der Waals surface area (Å²) in [6.07, 6.45) is 8.77. The van der Waals surface area contributed by atoms with Crippen molar-refractivity contribution in [2.45, 2.75) is 51.5 Å². The van der Waals surface area contributed by atoms with Gasteiger partial charge in [-0.25, -0.2) is 9.37 Å². The summed E-state index contributed by atoms with van der Waals surface area (Å²) in [5.41, 5.74) is 8.18. The molecular formula is C26H25FN6. The zero-order valence-electron chi connectivity index (χ0n) is 18.7. The fourth-order valence-corrected chi connectivity index (χ4v) is 5.05. The molecule has 0 bridgehead atoms. The molecule has 7 heteroatoms. The van der Waals surface area contributed by atoms with Crippen LogP contribution in [0.25, 0.3) is 22.6 Å². The molecule has 0 aliphatic heterocycles. The van der Waals surface area contributed by atoms with Crippen molar-refractivity contribution in [1.29, 1.82) is 0 Å². The second-order valence-corrected chi connectivity index (χ2v) is 9.25. The Hall–Kier alpha value is -3.61. The van der Waals surface area contributed by atoms with Crippen LogP contribution < -0.4 is 5.32 Å². The van der Waals surface area contributed by atoms with Crippen molar-refractivity contribution in [3.63, 3.8) is 0 Å². The Bertz CT molecular complexity index is 1400. The van der Waals surface area contributed by atoms with Crippen LogP contribution >= 0.6 is 0 Å². The van der Waals surface area contributed by atoms with Gasteiger partial charge in [0.05, 0.1) is 12.4 Å². The third-order valence-electron chi connectivity index (χ3n) is 6.73. The van der Waals surface area contributed by atoms with Gasteiger partial charge < -0.3 is 5.32 Å². The van der Waals surface area contributed by atoms with E-state index >= 15 is 0 Å². The van der Waals surface area contributed by atoms with E-state index in [1.807, 2.05) is 6.20 Å². The molecule has 2 aliphatic rings. The second-order valence-electron chi connectivity index (χ2n) is 9.25. The number of aromatic nitrogens is 5. The van der Waals surface area contributed by atoms with E-state index in [1.54, 1.807) is 16.3 Å². The predicted octanol–water partition coefficient (Wildman–Crippen LogP) is 5.42. The number of nitrogens with one attached hydrogen (secondary N) is 1. The highest BCUT2D eigenvalue weighted by Gasteiger charge is 2.29. The molecule has 3 heterocycles. The number of fused-ring (bicyclic) bond motifs is 3. The number of rotatable bonds is 4. The standard InChI is InChI=1S/C26H25FN6/c1-15(2)23-14-29-33-25(23)31-24(18-10-19(27)13-28-12-18)32-26(33)30-20-8-7-17-9-16-5-3-4-6-21(16)22(17)11-20/h3-6,10,12-15,20H,7-9,11H2,1-2H3,(H,30,31,32)/t20-/m1/s1. The molecule has 0 saturated heterocycles. The predicted molar refractivity (Wildman–Crippen MR) is 126 cm³/mol. The number of hydrogen-bond donors (Lipinski definition) is 1. The highest BCUT2D eigenvalue weighted by molar-refractivity contribution is 5.77. The first kappa shape index (κ1) is 20.0. The van der Waals surface area contributed by atoms with E-state index in [1.165, 1.54) is 29.0 Å². The number of nitrogens with zero attached hydrogens (tertiary/aromatic N) is 5. The molecule has 3 aromatic heterocycles. The van der Waals surface area contributed by atoms with Crippen LogP contribution in [0, 0.1) is 5.82 Å². The average Bonchev–Trinajstić information content (AvgIpc) is 3.41. The average molecular weight is 441 g/mol. The topological polar surface area (TPSA) is 68.0 Å². The van der Waals surface area contributed by atoms with E-state index in [0.717, 1.165) is 36.9 Å². The summed E-state index contributed by atoms with van der Waals surface area (Å²) in [6, 6.07) is 10.4. The lowest BCUT2D eigenvalue weighted by Gasteiger charge is -2.26. The number of benzene rings is 1. The highest BCUT2D eigenvalue weighted by atomic mass is 19.1. The molecule has 166 valence electrons. The van der Waals surface area contributed by atoms with Crippen molar-refractivity contribution in [1.82, 2.24) is 24.6 Å². The summed E-state index contributed by atoms with van der Waals surface area (Å²) in [6.45, 7) is 4.23. The van der Waals surface area contributed by atoms with Crippen molar-refractivity contribution in [3.05, 3.63) is 77.0 Å². The van der Waals surface area contributed by atoms with Gasteiger partial charge in [0.25, 0.3) is 0 Å². The van der Waals surface area contributed by atoms with Crippen LogP contribution in [0.2, 0.25) is 0 Å². The Labute approximate surface area is 191 Å². The molecule has 1 N–H and O–H groups in total. The summed E-state index contributed by atoms with van der Waals surface area (Å²) >= 11 is 0. The summed E-state index contributed by atoms with van der Waals surface area (Å²) in [5, 5.41) is 8.23. The molecule has 0 radical (unpaired) electrons. The van der Waals surface area contributed by atoms with Crippen molar-refractivity contribution in [2.24, 2.45) is 0 Å². The van der Waals surface area contributed by atoms with Gasteiger partial charge in [0.15, 0.2) is 11.5 Å². The normalized spacial score (nSPS) is 17.5. The Morgan fingerprint density at radius 2 is 2.00 bits per heavy atom. The van der Waals surface area contributed by atoms with Crippen LogP contribution in [-0.4, -0.2) is 30.6 Å². The quantitative estimate of drug-likeness (QED) is 0.459. The van der Waals surface area contributed by atoms with Gasteiger partial charge in [-0.15, -0.1) is 0 Å². The number of pyridine rings is 1. The zero-order chi connectivity index (χ0) is 22.5. The van der Waals surface area contributed by atoms with E-state index in [9.17, 15) is 4.39 Å². The Balaban J connectivity index is 1.38. The third-order valence-corrected chi connectivity index (χ3v) is 6.73. The molecule has 0 spiro atoms. The Kier molecular flexibility index (Phi) is 4.71. The first-order valence-corrected chi connectivity index (χ1v) is 11.5. The lowest BCUT2D eigenvalue weighted by atomic mass is 9.88. The van der Waals surface area contributed by atoms with Gasteiger partial charge in [-0.1, -0.05) is 43.7 Å². The minimum Gasteiger partial charge on any atom is -0.351 e. The monoisotopic (exact) mass is 440 g/mol. The maximum absolute atomic E-state index is 13.9. The Morgan fingerprint density at radius 3 is 2.85 bits per heavy atom.